The fourth-order valence-electron chi connectivity index (χ4n) is 2.46. The van der Waals surface area contributed by atoms with Crippen molar-refractivity contribution in [2.75, 3.05) is 5.32 Å². The first-order valence-electron chi connectivity index (χ1n) is 7.89. The topological polar surface area (TPSA) is 59.1 Å². The predicted molar refractivity (Wildman–Crippen MR) is 102 cm³/mol. The van der Waals surface area contributed by atoms with Crippen molar-refractivity contribution in [3.05, 3.63) is 82.0 Å². The van der Waals surface area contributed by atoms with Crippen molar-refractivity contribution in [3.63, 3.8) is 0 Å². The Labute approximate surface area is 162 Å². The molecular weight excluding hydrogens is 418 g/mol. The lowest BCUT2D eigenvalue weighted by Crippen LogP contribution is -2.15. The number of carbonyl (C=O) groups is 2. The second-order valence-corrected chi connectivity index (χ2v) is 6.59. The van der Waals surface area contributed by atoms with E-state index < -0.39 is 23.1 Å². The second-order valence-electron chi connectivity index (χ2n) is 5.74. The van der Waals surface area contributed by atoms with Gasteiger partial charge >= 0.3 is 0 Å². The number of ketones is 1. The minimum atomic E-state index is -0.928. The van der Waals surface area contributed by atoms with E-state index in [0.717, 1.165) is 17.7 Å². The maximum Gasteiger partial charge on any atom is 0.261 e. The number of nitrogens with zero attached hydrogens (tertiary/aromatic N) is 1. The van der Waals surface area contributed by atoms with E-state index >= 15 is 0 Å². The number of Topliss-reactive ketones (excluding diaryl/α,β-unsaturated/α-hetero) is 1. The first kappa shape index (κ1) is 18.8. The molecule has 136 valence electrons. The first-order chi connectivity index (χ1) is 12.9. The van der Waals surface area contributed by atoms with Gasteiger partial charge in [0, 0.05) is 27.5 Å². The van der Waals surface area contributed by atoms with Crippen LogP contribution in [0.3, 0.4) is 0 Å². The molecule has 1 amide bonds. The standard InChI is InChI=1S/C20H13BrF2N2O2/c1-11(26)13-9-15(21)19(24-10-13)12-5-7-14(8-6-12)25-20(27)18-16(22)3-2-4-17(18)23/h2-10H,1H3,(H,25,27). The van der Waals surface area contributed by atoms with Gasteiger partial charge in [-0.05, 0) is 53.2 Å². The number of amides is 1. The Morgan fingerprint density at radius 1 is 1.04 bits per heavy atom. The van der Waals surface area contributed by atoms with Crippen LogP contribution >= 0.6 is 15.9 Å². The second kappa shape index (κ2) is 7.75. The highest BCUT2D eigenvalue weighted by Crippen LogP contribution is 2.28. The van der Waals surface area contributed by atoms with Crippen molar-refractivity contribution in [1.29, 1.82) is 0 Å². The third kappa shape index (κ3) is 4.09. The number of carbonyl (C=O) groups excluding carboxylic acids is 2. The smallest absolute Gasteiger partial charge is 0.261 e. The summed E-state index contributed by atoms with van der Waals surface area (Å²) >= 11 is 3.39. The van der Waals surface area contributed by atoms with Crippen molar-refractivity contribution in [1.82, 2.24) is 4.98 Å². The van der Waals surface area contributed by atoms with Gasteiger partial charge < -0.3 is 5.32 Å². The van der Waals surface area contributed by atoms with E-state index in [1.54, 1.807) is 30.3 Å². The molecule has 0 unspecified atom stereocenters. The van der Waals surface area contributed by atoms with Crippen LogP contribution in [-0.4, -0.2) is 16.7 Å². The largest absolute Gasteiger partial charge is 0.322 e. The van der Waals surface area contributed by atoms with Gasteiger partial charge in [0.05, 0.1) is 5.69 Å². The molecule has 0 aliphatic carbocycles. The number of benzene rings is 2. The number of nitrogens with one attached hydrogen (secondary N) is 1. The lowest BCUT2D eigenvalue weighted by atomic mass is 10.1. The third-order valence-electron chi connectivity index (χ3n) is 3.85. The van der Waals surface area contributed by atoms with E-state index in [2.05, 4.69) is 26.2 Å². The van der Waals surface area contributed by atoms with Gasteiger partial charge in [0.15, 0.2) is 5.78 Å². The SMILES string of the molecule is CC(=O)c1cnc(-c2ccc(NC(=O)c3c(F)cccc3F)cc2)c(Br)c1. The number of pyridine rings is 1. The van der Waals surface area contributed by atoms with Crippen LogP contribution in [0.4, 0.5) is 14.5 Å². The number of hydrogen-bond acceptors (Lipinski definition) is 3. The molecule has 2 aromatic carbocycles. The highest BCUT2D eigenvalue weighted by Gasteiger charge is 2.17. The summed E-state index contributed by atoms with van der Waals surface area (Å²) in [5.41, 5.74) is 1.60. The van der Waals surface area contributed by atoms with Crippen molar-refractivity contribution in [3.8, 4) is 11.3 Å². The van der Waals surface area contributed by atoms with E-state index in [9.17, 15) is 18.4 Å². The molecule has 3 aromatic rings. The minimum absolute atomic E-state index is 0.0896. The number of hydrogen-bond donors (Lipinski definition) is 1. The molecular formula is C20H13BrF2N2O2. The first-order valence-corrected chi connectivity index (χ1v) is 8.68. The number of anilines is 1. The Morgan fingerprint density at radius 2 is 1.67 bits per heavy atom. The van der Waals surface area contributed by atoms with Crippen LogP contribution < -0.4 is 5.32 Å². The fraction of sp³-hybridized carbons (Fsp3) is 0.0500. The molecule has 1 aromatic heterocycles. The lowest BCUT2D eigenvalue weighted by molar-refractivity contribution is 0.100. The fourth-order valence-corrected chi connectivity index (χ4v) is 3.04. The van der Waals surface area contributed by atoms with Crippen LogP contribution in [0, 0.1) is 11.6 Å². The zero-order chi connectivity index (χ0) is 19.6. The summed E-state index contributed by atoms with van der Waals surface area (Å²) in [6.45, 7) is 1.46. The van der Waals surface area contributed by atoms with E-state index in [1.165, 1.54) is 19.2 Å². The molecule has 7 heteroatoms. The van der Waals surface area contributed by atoms with Gasteiger partial charge in [-0.3, -0.25) is 14.6 Å². The monoisotopic (exact) mass is 430 g/mol. The molecule has 0 saturated carbocycles. The van der Waals surface area contributed by atoms with Gasteiger partial charge in [-0.2, -0.15) is 0 Å². The number of rotatable bonds is 4. The van der Waals surface area contributed by atoms with Gasteiger partial charge in [-0.25, -0.2) is 8.78 Å². The van der Waals surface area contributed by atoms with Gasteiger partial charge in [-0.1, -0.05) is 18.2 Å². The highest BCUT2D eigenvalue weighted by molar-refractivity contribution is 9.10. The van der Waals surface area contributed by atoms with E-state index in [1.807, 2.05) is 0 Å². The van der Waals surface area contributed by atoms with Crippen molar-refractivity contribution in [2.45, 2.75) is 6.92 Å². The average molecular weight is 431 g/mol. The molecule has 1 N–H and O–H groups in total. The summed E-state index contributed by atoms with van der Waals surface area (Å²) in [7, 11) is 0. The molecule has 0 bridgehead atoms. The Morgan fingerprint density at radius 3 is 2.22 bits per heavy atom. The Kier molecular flexibility index (Phi) is 5.41. The normalized spacial score (nSPS) is 10.5. The van der Waals surface area contributed by atoms with Crippen LogP contribution in [0.1, 0.15) is 27.6 Å². The summed E-state index contributed by atoms with van der Waals surface area (Å²) in [4.78, 5) is 27.8. The zero-order valence-corrected chi connectivity index (χ0v) is 15.7. The minimum Gasteiger partial charge on any atom is -0.322 e. The van der Waals surface area contributed by atoms with E-state index in [-0.39, 0.29) is 5.78 Å². The van der Waals surface area contributed by atoms with Crippen molar-refractivity contribution in [2.24, 2.45) is 0 Å². The molecule has 0 saturated heterocycles. The van der Waals surface area contributed by atoms with Crippen molar-refractivity contribution >= 4 is 33.3 Å². The Hall–Kier alpha value is -2.93. The van der Waals surface area contributed by atoms with Crippen LogP contribution in [0.25, 0.3) is 11.3 Å². The third-order valence-corrected chi connectivity index (χ3v) is 4.46. The molecule has 3 rings (SSSR count). The van der Waals surface area contributed by atoms with E-state index in [4.69, 9.17) is 0 Å². The van der Waals surface area contributed by atoms with Crippen LogP contribution in [0.5, 0.6) is 0 Å². The molecule has 4 nitrogen and oxygen atoms in total. The van der Waals surface area contributed by atoms with Gasteiger partial charge in [0.1, 0.15) is 17.2 Å². The molecule has 0 aliphatic rings. The number of halogens is 3. The quantitative estimate of drug-likeness (QED) is 0.575. The molecule has 1 heterocycles. The summed E-state index contributed by atoms with van der Waals surface area (Å²) in [6.07, 6.45) is 1.49. The lowest BCUT2D eigenvalue weighted by Gasteiger charge is -2.09. The maximum absolute atomic E-state index is 13.7. The molecule has 27 heavy (non-hydrogen) atoms. The summed E-state index contributed by atoms with van der Waals surface area (Å²) in [5, 5.41) is 2.46. The van der Waals surface area contributed by atoms with Gasteiger partial charge in [0.25, 0.3) is 5.91 Å². The molecule has 0 atom stereocenters. The Bertz CT molecular complexity index is 1020. The van der Waals surface area contributed by atoms with Crippen molar-refractivity contribution < 1.29 is 18.4 Å². The maximum atomic E-state index is 13.7. The Balaban J connectivity index is 1.82. The van der Waals surface area contributed by atoms with Gasteiger partial charge in [-0.15, -0.1) is 0 Å². The predicted octanol–water partition coefficient (Wildman–Crippen LogP) is 5.24. The summed E-state index contributed by atoms with van der Waals surface area (Å²) < 4.78 is 28.0. The van der Waals surface area contributed by atoms with Crippen LogP contribution in [-0.2, 0) is 0 Å². The van der Waals surface area contributed by atoms with Crippen LogP contribution in [0.2, 0.25) is 0 Å². The van der Waals surface area contributed by atoms with Crippen LogP contribution in [0.15, 0.2) is 59.2 Å². The molecule has 0 aliphatic heterocycles. The summed E-state index contributed by atoms with van der Waals surface area (Å²) in [6, 6.07) is 11.5. The van der Waals surface area contributed by atoms with E-state index in [0.29, 0.717) is 21.4 Å². The molecule has 0 spiro atoms. The average Bonchev–Trinajstić information content (AvgIpc) is 2.62. The van der Waals surface area contributed by atoms with Gasteiger partial charge in [0.2, 0.25) is 0 Å². The zero-order valence-electron chi connectivity index (χ0n) is 14.1. The molecule has 0 fully saturated rings. The number of aromatic nitrogens is 1. The highest BCUT2D eigenvalue weighted by atomic mass is 79.9. The molecule has 0 radical (unpaired) electrons. The summed E-state index contributed by atoms with van der Waals surface area (Å²) in [5.74, 6) is -2.82.